The highest BCUT2D eigenvalue weighted by molar-refractivity contribution is 7.07. The SMILES string of the molecule is C[NH+](CC(=O)Nc1ccc(C[NH+]2CCCC2)cc1)Cc1ccsc1. The first-order valence-electron chi connectivity index (χ1n) is 8.74. The highest BCUT2D eigenvalue weighted by atomic mass is 32.1. The summed E-state index contributed by atoms with van der Waals surface area (Å²) in [7, 11) is 2.05. The number of likely N-dealkylation sites (N-methyl/N-ethyl adjacent to an activating group) is 1. The maximum Gasteiger partial charge on any atom is 0.279 e. The Morgan fingerprint density at radius 3 is 2.58 bits per heavy atom. The fourth-order valence-corrected chi connectivity index (χ4v) is 4.00. The van der Waals surface area contributed by atoms with Crippen LogP contribution in [0.25, 0.3) is 0 Å². The van der Waals surface area contributed by atoms with Crippen molar-refractivity contribution in [3.8, 4) is 0 Å². The third-order valence-corrected chi connectivity index (χ3v) is 5.28. The molecule has 2 aromatic rings. The lowest BCUT2D eigenvalue weighted by molar-refractivity contribution is -0.901. The Bertz CT molecular complexity index is 633. The first kappa shape index (κ1) is 17.1. The van der Waals surface area contributed by atoms with Crippen molar-refractivity contribution in [1.82, 2.24) is 0 Å². The second-order valence-electron chi connectivity index (χ2n) is 6.82. The number of rotatable bonds is 7. The summed E-state index contributed by atoms with van der Waals surface area (Å²) in [5.41, 5.74) is 3.53. The quantitative estimate of drug-likeness (QED) is 0.675. The molecular weight excluding hydrogens is 318 g/mol. The van der Waals surface area contributed by atoms with Crippen molar-refractivity contribution >= 4 is 22.9 Å². The van der Waals surface area contributed by atoms with Crippen molar-refractivity contribution in [2.24, 2.45) is 0 Å². The predicted molar refractivity (Wildman–Crippen MR) is 98.5 cm³/mol. The summed E-state index contributed by atoms with van der Waals surface area (Å²) < 4.78 is 0. The van der Waals surface area contributed by atoms with Gasteiger partial charge in [0.2, 0.25) is 0 Å². The highest BCUT2D eigenvalue weighted by Gasteiger charge is 2.15. The van der Waals surface area contributed by atoms with Crippen LogP contribution in [0.15, 0.2) is 41.1 Å². The lowest BCUT2D eigenvalue weighted by atomic mass is 10.2. The number of hydrogen-bond acceptors (Lipinski definition) is 2. The third kappa shape index (κ3) is 5.16. The van der Waals surface area contributed by atoms with E-state index >= 15 is 0 Å². The van der Waals surface area contributed by atoms with E-state index in [-0.39, 0.29) is 5.91 Å². The summed E-state index contributed by atoms with van der Waals surface area (Å²) in [5.74, 6) is 0.0700. The molecule has 24 heavy (non-hydrogen) atoms. The number of hydrogen-bond donors (Lipinski definition) is 3. The fourth-order valence-electron chi connectivity index (χ4n) is 3.33. The molecule has 1 atom stereocenters. The molecule has 1 amide bonds. The zero-order valence-corrected chi connectivity index (χ0v) is 15.1. The van der Waals surface area contributed by atoms with Crippen LogP contribution in [0.2, 0.25) is 0 Å². The molecule has 128 valence electrons. The lowest BCUT2D eigenvalue weighted by Crippen LogP contribution is -3.08. The van der Waals surface area contributed by atoms with Gasteiger partial charge in [0.1, 0.15) is 13.1 Å². The Labute approximate surface area is 148 Å². The lowest BCUT2D eigenvalue weighted by Gasteiger charge is -2.14. The summed E-state index contributed by atoms with van der Waals surface area (Å²) >= 11 is 1.70. The maximum atomic E-state index is 12.2. The van der Waals surface area contributed by atoms with E-state index in [0.29, 0.717) is 6.54 Å². The molecule has 3 N–H and O–H groups in total. The van der Waals surface area contributed by atoms with E-state index in [1.165, 1.54) is 42.0 Å². The molecule has 0 bridgehead atoms. The van der Waals surface area contributed by atoms with Crippen LogP contribution in [0.1, 0.15) is 24.0 Å². The van der Waals surface area contributed by atoms with E-state index < -0.39 is 0 Å². The van der Waals surface area contributed by atoms with Gasteiger partial charge in [0, 0.05) is 29.7 Å². The van der Waals surface area contributed by atoms with Crippen LogP contribution in [-0.2, 0) is 17.9 Å². The van der Waals surface area contributed by atoms with Crippen molar-refractivity contribution in [2.45, 2.75) is 25.9 Å². The molecule has 5 heteroatoms. The second kappa shape index (κ2) is 8.42. The van der Waals surface area contributed by atoms with E-state index in [4.69, 9.17) is 0 Å². The molecule has 4 nitrogen and oxygen atoms in total. The molecule has 3 rings (SSSR count). The molecular formula is C19H27N3OS+2. The molecule has 2 heterocycles. The number of likely N-dealkylation sites (tertiary alicyclic amines) is 1. The van der Waals surface area contributed by atoms with Crippen molar-refractivity contribution in [3.05, 3.63) is 52.2 Å². The predicted octanol–water partition coefficient (Wildman–Crippen LogP) is 0.580. The molecule has 1 aromatic heterocycles. The van der Waals surface area contributed by atoms with Crippen LogP contribution in [0, 0.1) is 0 Å². The smallest absolute Gasteiger partial charge is 0.279 e. The Kier molecular flexibility index (Phi) is 6.01. The van der Waals surface area contributed by atoms with Crippen LogP contribution in [-0.4, -0.2) is 32.6 Å². The van der Waals surface area contributed by atoms with Gasteiger partial charge in [-0.1, -0.05) is 12.1 Å². The molecule has 0 spiro atoms. The number of amides is 1. The Morgan fingerprint density at radius 1 is 1.17 bits per heavy atom. The zero-order chi connectivity index (χ0) is 16.8. The van der Waals surface area contributed by atoms with Crippen molar-refractivity contribution in [1.29, 1.82) is 0 Å². The normalized spacial score (nSPS) is 16.2. The number of thiophene rings is 1. The maximum absolute atomic E-state index is 12.2. The zero-order valence-electron chi connectivity index (χ0n) is 14.3. The van der Waals surface area contributed by atoms with Gasteiger partial charge in [0.25, 0.3) is 5.91 Å². The molecule has 1 saturated heterocycles. The number of quaternary nitrogens is 2. The Balaban J connectivity index is 1.45. The number of nitrogens with one attached hydrogen (secondary N) is 3. The summed E-state index contributed by atoms with van der Waals surface area (Å²) in [6.07, 6.45) is 2.70. The minimum absolute atomic E-state index is 0.0700. The summed E-state index contributed by atoms with van der Waals surface area (Å²) in [4.78, 5) is 15.0. The van der Waals surface area contributed by atoms with E-state index in [1.54, 1.807) is 16.2 Å². The Morgan fingerprint density at radius 2 is 1.92 bits per heavy atom. The van der Waals surface area contributed by atoms with Crippen LogP contribution in [0.5, 0.6) is 0 Å². The van der Waals surface area contributed by atoms with Crippen molar-refractivity contribution < 1.29 is 14.6 Å². The van der Waals surface area contributed by atoms with Gasteiger partial charge in [-0.15, -0.1) is 0 Å². The number of carbonyl (C=O) groups is 1. The Hall–Kier alpha value is -1.69. The highest BCUT2D eigenvalue weighted by Crippen LogP contribution is 2.09. The van der Waals surface area contributed by atoms with Crippen LogP contribution >= 0.6 is 11.3 Å². The third-order valence-electron chi connectivity index (χ3n) is 4.55. The minimum atomic E-state index is 0.0700. The average molecular weight is 346 g/mol. The standard InChI is InChI=1S/C19H25N3OS/c1-21(12-17-8-11-24-15-17)14-19(23)20-18-6-4-16(5-7-18)13-22-9-2-3-10-22/h4-8,11,15H,2-3,9-10,12-14H2,1H3,(H,20,23)/p+2. The number of benzene rings is 1. The summed E-state index contributed by atoms with van der Waals surface area (Å²) in [6, 6.07) is 10.5. The van der Waals surface area contributed by atoms with Crippen molar-refractivity contribution in [2.75, 3.05) is 32.0 Å². The molecule has 1 fully saturated rings. The minimum Gasteiger partial charge on any atom is -0.331 e. The van der Waals surface area contributed by atoms with Gasteiger partial charge in [0.15, 0.2) is 6.54 Å². The monoisotopic (exact) mass is 345 g/mol. The van der Waals surface area contributed by atoms with Gasteiger partial charge in [-0.3, -0.25) is 4.79 Å². The molecule has 1 aliphatic heterocycles. The van der Waals surface area contributed by atoms with Gasteiger partial charge in [-0.2, -0.15) is 11.3 Å². The van der Waals surface area contributed by atoms with Gasteiger partial charge < -0.3 is 15.1 Å². The summed E-state index contributed by atoms with van der Waals surface area (Å²) in [5, 5.41) is 7.23. The number of carbonyl (C=O) groups excluding carboxylic acids is 1. The number of anilines is 1. The van der Waals surface area contributed by atoms with Crippen LogP contribution < -0.4 is 15.1 Å². The van der Waals surface area contributed by atoms with E-state index in [9.17, 15) is 4.79 Å². The van der Waals surface area contributed by atoms with E-state index in [2.05, 4.69) is 41.3 Å². The van der Waals surface area contributed by atoms with Gasteiger partial charge in [-0.05, 0) is 29.0 Å². The largest absolute Gasteiger partial charge is 0.331 e. The molecule has 1 unspecified atom stereocenters. The van der Waals surface area contributed by atoms with Gasteiger partial charge in [0.05, 0.1) is 20.1 Å². The van der Waals surface area contributed by atoms with Gasteiger partial charge >= 0.3 is 0 Å². The first-order chi connectivity index (χ1) is 11.7. The van der Waals surface area contributed by atoms with E-state index in [0.717, 1.165) is 18.8 Å². The second-order valence-corrected chi connectivity index (χ2v) is 7.60. The van der Waals surface area contributed by atoms with Crippen LogP contribution in [0.4, 0.5) is 5.69 Å². The van der Waals surface area contributed by atoms with E-state index in [1.807, 2.05) is 12.1 Å². The first-order valence-corrected chi connectivity index (χ1v) is 9.68. The molecule has 0 aliphatic carbocycles. The molecule has 1 aromatic carbocycles. The van der Waals surface area contributed by atoms with Gasteiger partial charge in [-0.25, -0.2) is 0 Å². The molecule has 0 radical (unpaired) electrons. The molecule has 1 aliphatic rings. The van der Waals surface area contributed by atoms with Crippen molar-refractivity contribution in [3.63, 3.8) is 0 Å². The summed E-state index contributed by atoms with van der Waals surface area (Å²) in [6.45, 7) is 5.04. The fraction of sp³-hybridized carbons (Fsp3) is 0.421. The molecule has 0 saturated carbocycles. The van der Waals surface area contributed by atoms with Crippen LogP contribution in [0.3, 0.4) is 0 Å². The topological polar surface area (TPSA) is 38.0 Å². The average Bonchev–Trinajstić information content (AvgIpc) is 3.23.